The molecule has 23 heavy (non-hydrogen) atoms. The summed E-state index contributed by atoms with van der Waals surface area (Å²) in [7, 11) is 0. The molecule has 5 nitrogen and oxygen atoms in total. The average molecular weight is 319 g/mol. The molecule has 0 heterocycles. The highest BCUT2D eigenvalue weighted by Gasteiger charge is 2.47. The second-order valence-corrected chi connectivity index (χ2v) is 7.41. The topological polar surface area (TPSA) is 75.6 Å². The minimum atomic E-state index is -1.06. The summed E-state index contributed by atoms with van der Waals surface area (Å²) in [6, 6.07) is -0.990. The lowest BCUT2D eigenvalue weighted by Gasteiger charge is -2.29. The van der Waals surface area contributed by atoms with Gasteiger partial charge in [0.15, 0.2) is 0 Å². The number of allylic oxidation sites excluding steroid dienone is 1. The molecule has 0 radical (unpaired) electrons. The number of carbonyl (C=O) groups is 2. The summed E-state index contributed by atoms with van der Waals surface area (Å²) in [6.07, 6.45) is 3.45. The van der Waals surface area contributed by atoms with E-state index in [1.807, 2.05) is 6.08 Å². The molecule has 2 aliphatic carbocycles. The largest absolute Gasteiger partial charge is 0.480 e. The van der Waals surface area contributed by atoms with Crippen molar-refractivity contribution < 1.29 is 19.4 Å². The highest BCUT2D eigenvalue weighted by molar-refractivity contribution is 5.80. The summed E-state index contributed by atoms with van der Waals surface area (Å²) in [6.45, 7) is 9.03. The number of carbonyl (C=O) groups excluding carboxylic acids is 1. The quantitative estimate of drug-likeness (QED) is 0.583. The maximum Gasteiger partial charge on any atom is 0.408 e. The van der Waals surface area contributed by atoms with Crippen molar-refractivity contribution in [2.24, 2.45) is 23.2 Å². The van der Waals surface area contributed by atoms with Crippen molar-refractivity contribution in [3.05, 3.63) is 12.7 Å². The number of amides is 1. The van der Waals surface area contributed by atoms with Gasteiger partial charge in [-0.05, 0) is 24.7 Å². The van der Waals surface area contributed by atoms with Crippen LogP contribution in [0.25, 0.3) is 0 Å². The van der Waals surface area contributed by atoms with E-state index in [1.165, 1.54) is 0 Å². The monoisotopic (exact) mass is 319 g/mol. The van der Waals surface area contributed by atoms with E-state index in [4.69, 9.17) is 4.74 Å². The zero-order chi connectivity index (χ0) is 17.2. The minimum absolute atomic E-state index is 0.211. The van der Waals surface area contributed by atoms with Gasteiger partial charge in [0.25, 0.3) is 0 Å². The molecular formula is C18H25NO4. The Hall–Kier alpha value is -1.96. The van der Waals surface area contributed by atoms with Crippen LogP contribution < -0.4 is 5.32 Å². The van der Waals surface area contributed by atoms with Gasteiger partial charge in [-0.15, -0.1) is 6.58 Å². The molecule has 2 rings (SSSR count). The van der Waals surface area contributed by atoms with Crippen LogP contribution in [0.1, 0.15) is 40.0 Å². The van der Waals surface area contributed by atoms with Gasteiger partial charge in [-0.2, -0.15) is 0 Å². The molecule has 1 fully saturated rings. The molecule has 0 aliphatic heterocycles. The maximum atomic E-state index is 12.2. The van der Waals surface area contributed by atoms with Crippen LogP contribution in [0.15, 0.2) is 12.7 Å². The predicted molar refractivity (Wildman–Crippen MR) is 86.6 cm³/mol. The fraction of sp³-hybridized carbons (Fsp3) is 0.667. The van der Waals surface area contributed by atoms with E-state index >= 15 is 0 Å². The Balaban J connectivity index is 1.96. The van der Waals surface area contributed by atoms with Gasteiger partial charge in [0.05, 0.1) is 0 Å². The third-order valence-corrected chi connectivity index (χ3v) is 4.63. The lowest BCUT2D eigenvalue weighted by atomic mass is 9.81. The minimum Gasteiger partial charge on any atom is -0.480 e. The highest BCUT2D eigenvalue weighted by atomic mass is 16.6. The van der Waals surface area contributed by atoms with Crippen molar-refractivity contribution in [3.63, 3.8) is 0 Å². The molecule has 5 atom stereocenters. The van der Waals surface area contributed by atoms with Gasteiger partial charge in [0.1, 0.15) is 12.1 Å². The standard InChI is InChI=1S/C18H25NO4/c1-5-6-7-13-12-9-8-11(12)10-14(13)23-17(22)19-15(16(20)21)18(2,3)4/h5,11-15H,1,6-7,10H2,2-4H3,(H,19,22)(H,20,21). The number of fused-ring (bicyclic) bond motifs is 1. The molecule has 0 aromatic heterocycles. The molecule has 0 spiro atoms. The first kappa shape index (κ1) is 17.4. The Morgan fingerprint density at radius 3 is 2.61 bits per heavy atom. The third kappa shape index (κ3) is 3.87. The Labute approximate surface area is 137 Å². The van der Waals surface area contributed by atoms with Crippen molar-refractivity contribution in [2.75, 3.05) is 0 Å². The maximum absolute atomic E-state index is 12.2. The van der Waals surface area contributed by atoms with Crippen molar-refractivity contribution in [3.8, 4) is 11.8 Å². The number of ether oxygens (including phenoxy) is 1. The molecule has 5 heteroatoms. The van der Waals surface area contributed by atoms with Crippen molar-refractivity contribution in [1.29, 1.82) is 0 Å². The first-order chi connectivity index (χ1) is 10.7. The van der Waals surface area contributed by atoms with Gasteiger partial charge < -0.3 is 15.2 Å². The van der Waals surface area contributed by atoms with Crippen LogP contribution in [0.5, 0.6) is 0 Å². The highest BCUT2D eigenvalue weighted by Crippen LogP contribution is 2.44. The molecule has 1 amide bonds. The summed E-state index contributed by atoms with van der Waals surface area (Å²) in [5, 5.41) is 11.8. The van der Waals surface area contributed by atoms with Crippen molar-refractivity contribution in [1.82, 2.24) is 5.32 Å². The molecule has 0 aromatic rings. The number of rotatable bonds is 6. The van der Waals surface area contributed by atoms with Crippen LogP contribution in [-0.4, -0.2) is 29.3 Å². The van der Waals surface area contributed by atoms with E-state index in [-0.39, 0.29) is 12.0 Å². The van der Waals surface area contributed by atoms with Crippen LogP contribution >= 0.6 is 0 Å². The van der Waals surface area contributed by atoms with E-state index < -0.39 is 23.5 Å². The van der Waals surface area contributed by atoms with Crippen molar-refractivity contribution >= 4 is 12.1 Å². The van der Waals surface area contributed by atoms with E-state index in [2.05, 4.69) is 23.7 Å². The number of hydrogen-bond donors (Lipinski definition) is 2. The second kappa shape index (κ2) is 6.66. The Bertz CT molecular complexity index is 552. The van der Waals surface area contributed by atoms with Gasteiger partial charge in [-0.25, -0.2) is 9.59 Å². The lowest BCUT2D eigenvalue weighted by molar-refractivity contribution is -0.142. The zero-order valence-corrected chi connectivity index (χ0v) is 14.0. The molecule has 0 saturated heterocycles. The van der Waals surface area contributed by atoms with Gasteiger partial charge in [-0.3, -0.25) is 0 Å². The summed E-state index contributed by atoms with van der Waals surface area (Å²) < 4.78 is 5.55. The molecule has 126 valence electrons. The molecule has 0 bridgehead atoms. The molecule has 0 aromatic carbocycles. The molecule has 2 aliphatic rings. The number of carboxylic acid groups (broad SMARTS) is 1. The Morgan fingerprint density at radius 1 is 1.43 bits per heavy atom. The second-order valence-electron chi connectivity index (χ2n) is 7.41. The number of aliphatic carboxylic acids is 1. The smallest absolute Gasteiger partial charge is 0.408 e. The summed E-state index contributed by atoms with van der Waals surface area (Å²) in [4.78, 5) is 23.5. The molecule has 5 unspecified atom stereocenters. The fourth-order valence-corrected chi connectivity index (χ4v) is 3.31. The normalized spacial score (nSPS) is 29.3. The van der Waals surface area contributed by atoms with E-state index in [1.54, 1.807) is 20.8 Å². The first-order valence-corrected chi connectivity index (χ1v) is 8.06. The summed E-state index contributed by atoms with van der Waals surface area (Å²) in [5.41, 5.74) is -0.592. The van der Waals surface area contributed by atoms with E-state index in [9.17, 15) is 14.7 Å². The van der Waals surface area contributed by atoms with Gasteiger partial charge >= 0.3 is 12.1 Å². The SMILES string of the molecule is C=CCCC1C(OC(=O)NC(C(=O)O)C(C)(C)C)CC2C#CC21. The van der Waals surface area contributed by atoms with E-state index in [0.29, 0.717) is 11.8 Å². The Kier molecular flexibility index (Phi) is 5.03. The lowest BCUT2D eigenvalue weighted by Crippen LogP contribution is -2.50. The molecule has 2 N–H and O–H groups in total. The van der Waals surface area contributed by atoms with Crippen LogP contribution in [0.2, 0.25) is 0 Å². The van der Waals surface area contributed by atoms with E-state index in [0.717, 1.165) is 19.3 Å². The van der Waals surface area contributed by atoms with Gasteiger partial charge in [0, 0.05) is 17.8 Å². The Morgan fingerprint density at radius 2 is 2.13 bits per heavy atom. The fourth-order valence-electron chi connectivity index (χ4n) is 3.31. The first-order valence-electron chi connectivity index (χ1n) is 8.06. The molecular weight excluding hydrogens is 294 g/mol. The van der Waals surface area contributed by atoms with Gasteiger partial charge in [-0.1, -0.05) is 38.7 Å². The number of nitrogens with one attached hydrogen (secondary N) is 1. The molecule has 1 saturated carbocycles. The van der Waals surface area contributed by atoms with Gasteiger partial charge in [0.2, 0.25) is 0 Å². The van der Waals surface area contributed by atoms with Crippen LogP contribution in [0.4, 0.5) is 4.79 Å². The van der Waals surface area contributed by atoms with Crippen LogP contribution in [0.3, 0.4) is 0 Å². The third-order valence-electron chi connectivity index (χ3n) is 4.63. The van der Waals surface area contributed by atoms with Crippen LogP contribution in [0, 0.1) is 35.0 Å². The van der Waals surface area contributed by atoms with Crippen LogP contribution in [-0.2, 0) is 9.53 Å². The zero-order valence-electron chi connectivity index (χ0n) is 14.0. The predicted octanol–water partition coefficient (Wildman–Crippen LogP) is 2.82. The average Bonchev–Trinajstić information content (AvgIpc) is 2.63. The summed E-state index contributed by atoms with van der Waals surface area (Å²) in [5.74, 6) is 6.03. The number of alkyl carbamates (subject to hydrolysis) is 1. The number of hydrogen-bond acceptors (Lipinski definition) is 3. The number of carboxylic acids is 1. The summed E-state index contributed by atoms with van der Waals surface area (Å²) >= 11 is 0. The van der Waals surface area contributed by atoms with Crippen molar-refractivity contribution in [2.45, 2.75) is 52.2 Å².